The van der Waals surface area contributed by atoms with Gasteiger partial charge in [0.2, 0.25) is 0 Å². The topological polar surface area (TPSA) is 42.2 Å². The van der Waals surface area contributed by atoms with Gasteiger partial charge in [-0.1, -0.05) is 20.8 Å². The molecule has 1 rings (SSSR count). The SMILES string of the molecule is CC(C)(C)Cn1c(C=O)ccc1CO. The molecule has 0 aliphatic carbocycles. The highest BCUT2D eigenvalue weighted by Gasteiger charge is 2.15. The van der Waals surface area contributed by atoms with Crippen LogP contribution in [-0.4, -0.2) is 16.0 Å². The maximum atomic E-state index is 10.7. The first-order valence-corrected chi connectivity index (χ1v) is 4.72. The average Bonchev–Trinajstić information content (AvgIpc) is 2.44. The molecule has 0 spiro atoms. The highest BCUT2D eigenvalue weighted by Crippen LogP contribution is 2.19. The molecule has 0 radical (unpaired) electrons. The molecule has 0 amide bonds. The Morgan fingerprint density at radius 1 is 1.43 bits per heavy atom. The predicted octanol–water partition coefficient (Wildman–Crippen LogP) is 1.84. The van der Waals surface area contributed by atoms with Gasteiger partial charge in [-0.2, -0.15) is 0 Å². The Kier molecular flexibility index (Phi) is 3.11. The van der Waals surface area contributed by atoms with Crippen LogP contribution in [0.1, 0.15) is 37.0 Å². The molecule has 14 heavy (non-hydrogen) atoms. The van der Waals surface area contributed by atoms with Gasteiger partial charge in [0.15, 0.2) is 6.29 Å². The Bertz CT molecular complexity index is 321. The lowest BCUT2D eigenvalue weighted by molar-refractivity contribution is 0.111. The van der Waals surface area contributed by atoms with E-state index in [4.69, 9.17) is 5.11 Å². The van der Waals surface area contributed by atoms with Gasteiger partial charge in [0, 0.05) is 12.2 Å². The first-order valence-electron chi connectivity index (χ1n) is 4.72. The Morgan fingerprint density at radius 3 is 2.50 bits per heavy atom. The average molecular weight is 195 g/mol. The van der Waals surface area contributed by atoms with Crippen LogP contribution in [0.2, 0.25) is 0 Å². The lowest BCUT2D eigenvalue weighted by Crippen LogP contribution is -2.19. The number of hydrogen-bond acceptors (Lipinski definition) is 2. The fraction of sp³-hybridized carbons (Fsp3) is 0.545. The van der Waals surface area contributed by atoms with Crippen LogP contribution >= 0.6 is 0 Å². The van der Waals surface area contributed by atoms with E-state index in [-0.39, 0.29) is 12.0 Å². The lowest BCUT2D eigenvalue weighted by Gasteiger charge is -2.21. The lowest BCUT2D eigenvalue weighted by atomic mass is 9.96. The van der Waals surface area contributed by atoms with Gasteiger partial charge in [-0.3, -0.25) is 4.79 Å². The molecule has 0 fully saturated rings. The van der Waals surface area contributed by atoms with E-state index in [9.17, 15) is 4.79 Å². The molecule has 0 aliphatic rings. The smallest absolute Gasteiger partial charge is 0.166 e. The van der Waals surface area contributed by atoms with Crippen molar-refractivity contribution in [2.75, 3.05) is 0 Å². The Morgan fingerprint density at radius 2 is 2.07 bits per heavy atom. The number of rotatable bonds is 3. The van der Waals surface area contributed by atoms with Gasteiger partial charge in [0.1, 0.15) is 0 Å². The summed E-state index contributed by atoms with van der Waals surface area (Å²) in [6, 6.07) is 3.53. The highest BCUT2D eigenvalue weighted by atomic mass is 16.3. The van der Waals surface area contributed by atoms with E-state index in [1.54, 1.807) is 12.1 Å². The van der Waals surface area contributed by atoms with Crippen LogP contribution in [0.25, 0.3) is 0 Å². The maximum absolute atomic E-state index is 10.7. The molecule has 3 nitrogen and oxygen atoms in total. The molecule has 0 aliphatic heterocycles. The summed E-state index contributed by atoms with van der Waals surface area (Å²) in [5.74, 6) is 0. The molecule has 1 N–H and O–H groups in total. The molecule has 3 heteroatoms. The van der Waals surface area contributed by atoms with Crippen LogP contribution < -0.4 is 0 Å². The van der Waals surface area contributed by atoms with Gasteiger partial charge in [-0.15, -0.1) is 0 Å². The third-order valence-corrected chi connectivity index (χ3v) is 2.02. The third-order valence-electron chi connectivity index (χ3n) is 2.02. The van der Waals surface area contributed by atoms with Crippen molar-refractivity contribution < 1.29 is 9.90 Å². The van der Waals surface area contributed by atoms with Crippen molar-refractivity contribution in [2.24, 2.45) is 5.41 Å². The zero-order valence-corrected chi connectivity index (χ0v) is 8.95. The number of aromatic nitrogens is 1. The number of nitrogens with zero attached hydrogens (tertiary/aromatic N) is 1. The van der Waals surface area contributed by atoms with Gasteiger partial charge in [0.05, 0.1) is 12.3 Å². The number of carbonyl (C=O) groups is 1. The van der Waals surface area contributed by atoms with Crippen LogP contribution in [0, 0.1) is 5.41 Å². The largest absolute Gasteiger partial charge is 0.390 e. The molecule has 0 saturated heterocycles. The van der Waals surface area contributed by atoms with E-state index in [0.29, 0.717) is 5.69 Å². The summed E-state index contributed by atoms with van der Waals surface area (Å²) in [6.07, 6.45) is 0.824. The third kappa shape index (κ3) is 2.45. The summed E-state index contributed by atoms with van der Waals surface area (Å²) in [6.45, 7) is 7.02. The fourth-order valence-electron chi connectivity index (χ4n) is 1.44. The maximum Gasteiger partial charge on any atom is 0.166 e. The molecule has 0 saturated carbocycles. The Balaban J connectivity index is 3.03. The highest BCUT2D eigenvalue weighted by molar-refractivity contribution is 5.72. The predicted molar refractivity (Wildman–Crippen MR) is 55.2 cm³/mol. The van der Waals surface area contributed by atoms with Crippen molar-refractivity contribution in [3.8, 4) is 0 Å². The second kappa shape index (κ2) is 3.96. The van der Waals surface area contributed by atoms with E-state index >= 15 is 0 Å². The zero-order chi connectivity index (χ0) is 10.8. The minimum absolute atomic E-state index is 0.0239. The summed E-state index contributed by atoms with van der Waals surface area (Å²) >= 11 is 0. The Hall–Kier alpha value is -1.09. The van der Waals surface area contributed by atoms with E-state index in [0.717, 1.165) is 18.5 Å². The molecule has 0 unspecified atom stereocenters. The quantitative estimate of drug-likeness (QED) is 0.748. The van der Waals surface area contributed by atoms with Crippen LogP contribution in [0.4, 0.5) is 0 Å². The number of aliphatic hydroxyl groups is 1. The van der Waals surface area contributed by atoms with Crippen molar-refractivity contribution in [3.05, 3.63) is 23.5 Å². The van der Waals surface area contributed by atoms with Crippen LogP contribution in [0.15, 0.2) is 12.1 Å². The summed E-state index contributed by atoms with van der Waals surface area (Å²) in [7, 11) is 0. The number of aliphatic hydroxyl groups excluding tert-OH is 1. The number of aldehydes is 1. The summed E-state index contributed by atoms with van der Waals surface area (Å²) in [5, 5.41) is 9.09. The summed E-state index contributed by atoms with van der Waals surface area (Å²) in [5.41, 5.74) is 1.52. The minimum Gasteiger partial charge on any atom is -0.390 e. The van der Waals surface area contributed by atoms with Crippen molar-refractivity contribution >= 4 is 6.29 Å². The molecule has 0 bridgehead atoms. The molecule has 1 aromatic rings. The van der Waals surface area contributed by atoms with Gasteiger partial charge in [-0.25, -0.2) is 0 Å². The summed E-state index contributed by atoms with van der Waals surface area (Å²) < 4.78 is 1.87. The van der Waals surface area contributed by atoms with Gasteiger partial charge >= 0.3 is 0 Å². The fourth-order valence-corrected chi connectivity index (χ4v) is 1.44. The van der Waals surface area contributed by atoms with Crippen molar-refractivity contribution in [1.82, 2.24) is 4.57 Å². The second-order valence-corrected chi connectivity index (χ2v) is 4.67. The first-order chi connectivity index (χ1) is 6.48. The molecule has 78 valence electrons. The monoisotopic (exact) mass is 195 g/mol. The second-order valence-electron chi connectivity index (χ2n) is 4.67. The van der Waals surface area contributed by atoms with Gasteiger partial charge in [0.25, 0.3) is 0 Å². The standard InChI is InChI=1S/C11H17NO2/c1-11(2,3)8-12-9(6-13)4-5-10(12)7-14/h4-6,14H,7-8H2,1-3H3. The normalized spacial score (nSPS) is 11.7. The molecule has 1 heterocycles. The van der Waals surface area contributed by atoms with Crippen LogP contribution in [0.5, 0.6) is 0 Å². The first kappa shape index (κ1) is 11.0. The number of carbonyl (C=O) groups excluding carboxylic acids is 1. The number of hydrogen-bond donors (Lipinski definition) is 1. The van der Waals surface area contributed by atoms with Crippen molar-refractivity contribution in [1.29, 1.82) is 0 Å². The van der Waals surface area contributed by atoms with E-state index < -0.39 is 0 Å². The van der Waals surface area contributed by atoms with Crippen LogP contribution in [0.3, 0.4) is 0 Å². The molecule has 1 aromatic heterocycles. The molecular formula is C11H17NO2. The molecule has 0 atom stereocenters. The van der Waals surface area contributed by atoms with Crippen molar-refractivity contribution in [2.45, 2.75) is 33.9 Å². The minimum atomic E-state index is -0.0239. The summed E-state index contributed by atoms with van der Waals surface area (Å²) in [4.78, 5) is 10.7. The van der Waals surface area contributed by atoms with Crippen molar-refractivity contribution in [3.63, 3.8) is 0 Å². The van der Waals surface area contributed by atoms with E-state index in [2.05, 4.69) is 20.8 Å². The molecule has 0 aromatic carbocycles. The molecular weight excluding hydrogens is 178 g/mol. The van der Waals surface area contributed by atoms with E-state index in [1.165, 1.54) is 0 Å². The van der Waals surface area contributed by atoms with E-state index in [1.807, 2.05) is 4.57 Å². The van der Waals surface area contributed by atoms with Gasteiger partial charge in [-0.05, 0) is 17.5 Å². The van der Waals surface area contributed by atoms with Gasteiger partial charge < -0.3 is 9.67 Å². The Labute approximate surface area is 84.4 Å². The van der Waals surface area contributed by atoms with Crippen LogP contribution in [-0.2, 0) is 13.2 Å². The zero-order valence-electron chi connectivity index (χ0n) is 8.95.